The van der Waals surface area contributed by atoms with E-state index in [9.17, 15) is 192 Å². The maximum Gasteiger partial charge on any atom is 0.364 e. The second kappa shape index (κ2) is 46.8. The third-order valence-corrected chi connectivity index (χ3v) is 23.7. The first-order chi connectivity index (χ1) is 62.3. The summed E-state index contributed by atoms with van der Waals surface area (Å²) in [5.74, 6) is -21.6. The predicted molar refractivity (Wildman–Crippen MR) is 407 cm³/mol. The number of rotatable bonds is 39. The number of hydrogen-bond donors (Lipinski definition) is 35. The summed E-state index contributed by atoms with van der Waals surface area (Å²) in [6.45, 7) is -7.32. The van der Waals surface area contributed by atoms with E-state index in [1.807, 2.05) is 0 Å². The zero-order chi connectivity index (χ0) is 99.1. The average molecular weight is 1950 g/mol. The van der Waals surface area contributed by atoms with Crippen molar-refractivity contribution in [1.29, 1.82) is 0 Å². The largest absolute Gasteiger partial charge is 0.477 e. The first-order valence-electron chi connectivity index (χ1n) is 41.5. The molecule has 35 N–H and O–H groups in total. The number of carboxylic acids is 3. The molecule has 0 saturated carbocycles. The molecule has 9 aliphatic rings. The lowest BCUT2D eigenvalue weighted by atomic mass is 9.88. The van der Waals surface area contributed by atoms with E-state index in [-0.39, 0.29) is 0 Å². The van der Waals surface area contributed by atoms with Crippen molar-refractivity contribution in [1.82, 2.24) is 26.6 Å². The van der Waals surface area contributed by atoms with Crippen LogP contribution in [0.15, 0.2) is 0 Å². The lowest BCUT2D eigenvalue weighted by Crippen LogP contribution is -2.72. The van der Waals surface area contributed by atoms with Gasteiger partial charge < -0.3 is 260 Å². The van der Waals surface area contributed by atoms with Gasteiger partial charge in [-0.1, -0.05) is 0 Å². The first-order valence-corrected chi connectivity index (χ1v) is 41.5. The predicted octanol–water partition coefficient (Wildman–Crippen LogP) is -22.3. The fourth-order valence-electron chi connectivity index (χ4n) is 16.8. The summed E-state index contributed by atoms with van der Waals surface area (Å²) in [6.07, 6.45) is -97.8. The van der Waals surface area contributed by atoms with Crippen LogP contribution in [0.5, 0.6) is 0 Å². The van der Waals surface area contributed by atoms with Crippen LogP contribution in [0, 0.1) is 0 Å². The van der Waals surface area contributed by atoms with Crippen LogP contribution < -0.4 is 26.6 Å². The Morgan fingerprint density at radius 1 is 0.316 bits per heavy atom. The van der Waals surface area contributed by atoms with Crippen molar-refractivity contribution >= 4 is 47.4 Å². The van der Waals surface area contributed by atoms with Gasteiger partial charge in [-0.15, -0.1) is 0 Å². The zero-order valence-corrected chi connectivity index (χ0v) is 71.1. The fourth-order valence-corrected chi connectivity index (χ4v) is 16.8. The van der Waals surface area contributed by atoms with Gasteiger partial charge in [-0.3, -0.25) is 24.0 Å². The van der Waals surface area contributed by atoms with Gasteiger partial charge in [0.25, 0.3) is 17.4 Å². The quantitative estimate of drug-likeness (QED) is 0.0272. The molecule has 9 rings (SSSR count). The highest BCUT2D eigenvalue weighted by Gasteiger charge is 2.65. The standard InChI is InChI=1S/C73H119N5O55/c1-18(85)74-35-23(90)6-71(68(111)112,130-57(35)40(96)26(93)9-79)118-16-33-43(99)48(104)51(107)65(125-33)126-54-31(14-84)122-63(38(47(54)103)77-21(4)88)117-15-32-46(102)60(52(108)66(124-32)127-55-30(13-83)120-62(110)50(106)49(55)105)129-64-39(78-22(5)89)56(45(101)34(123-64)17-119-72(69(113)114)7-24(91)36(75-19(2)86)58(131-72)41(97)27(94)10-80)128-67-53(109)61(44(100)29(12-82)121-67)133-73(70(115)116)8-25(92)37(76-20(3)87)59(132-73)42(98)28(95)11-81/h23-67,79-84,90-110H,6-17H2,1-5H3,(H,74,85)(H,75,86)(H,76,87)(H,77,88)(H,78,89)(H,111,112)(H,113,114)(H,115,116)/t23-,24-,25-,26+,27+,28+,29+,30+,31+,32+,33+,34+,35+,36+,37+,38+,39+,40+,41+,42+,43-,44-,45+,46-,47+,48-,49-,50+,51+,52+,53+,54+,55+,56+,57+,58+,59+,60-,61-,62?,63+,64-,65-,66-,67-,71+,72+,73-/m0/s1. The molecule has 766 valence electrons. The minimum absolute atomic E-state index is 0.761. The molecular formula is C73H119N5O55. The van der Waals surface area contributed by atoms with Gasteiger partial charge in [-0.2, -0.15) is 0 Å². The van der Waals surface area contributed by atoms with Crippen molar-refractivity contribution in [2.24, 2.45) is 0 Å². The van der Waals surface area contributed by atoms with Gasteiger partial charge in [0.2, 0.25) is 29.5 Å². The molecule has 60 nitrogen and oxygen atoms in total. The van der Waals surface area contributed by atoms with E-state index >= 15 is 0 Å². The maximum absolute atomic E-state index is 13.8. The van der Waals surface area contributed by atoms with E-state index in [2.05, 4.69) is 26.6 Å². The van der Waals surface area contributed by atoms with E-state index in [1.165, 1.54) is 0 Å². The van der Waals surface area contributed by atoms with Crippen LogP contribution >= 0.6 is 0 Å². The van der Waals surface area contributed by atoms with Gasteiger partial charge in [0.05, 0.1) is 95.9 Å². The SMILES string of the molecule is CC(=O)N[C@H]1[C@H](OC[C@H]2O[C@@H](O[C@H]3[C@@H](O)[C@@H](O)C(O)O[C@@H]3CO)[C@H](O)[C@@H](O[C@@H]3O[C@H](CO[C@]4(C(=O)O)C[C@H](O)[C@@H](NC(C)=O)[C@H]([C@H](O)[C@H](O)CO)O4)[C@@H](O)[C@H](O[C@@H]4O[C@H](CO)[C@H](O)[C@H](O[C@]5(C(=O)O)C[C@H](O)[C@@H](NC(C)=O)[C@H]([C@H](O)[C@H](O)CO)O5)[C@H]4O)[C@H]3NC(C)=O)[C@H]2O)O[C@H](CO)[C@@H](O[C@@H]2O[C@H](CO[C@]3(C(=O)O)C[C@H](O)[C@@H](NC(C)=O)[C@H]([C@H](O)[C@H](O)CO)O3)[C@H](O)[C@H](O)[C@H]2O)[C@@H]1O. The Labute approximate surface area is 750 Å². The van der Waals surface area contributed by atoms with Gasteiger partial charge in [0, 0.05) is 53.9 Å². The highest BCUT2D eigenvalue weighted by Crippen LogP contribution is 2.44. The number of carboxylic acid groups (broad SMARTS) is 3. The van der Waals surface area contributed by atoms with Gasteiger partial charge in [-0.25, -0.2) is 14.4 Å². The Bertz CT molecular complexity index is 3820. The van der Waals surface area contributed by atoms with Gasteiger partial charge >= 0.3 is 17.9 Å². The summed E-state index contributed by atoms with van der Waals surface area (Å²) >= 11 is 0. The molecule has 0 aromatic heterocycles. The number of aliphatic hydroxyl groups excluding tert-OH is 27. The molecule has 0 radical (unpaired) electrons. The van der Waals surface area contributed by atoms with Crippen molar-refractivity contribution in [3.8, 4) is 0 Å². The molecule has 9 saturated heterocycles. The number of amides is 5. The molecule has 9 fully saturated rings. The number of aliphatic hydroxyl groups is 27. The lowest BCUT2D eigenvalue weighted by molar-refractivity contribution is -0.392. The normalized spacial score (nSPS) is 44.4. The summed E-state index contributed by atoms with van der Waals surface area (Å²) in [5, 5.41) is 346. The van der Waals surface area contributed by atoms with Crippen molar-refractivity contribution in [2.45, 2.75) is 347 Å². The monoisotopic (exact) mass is 1950 g/mol. The molecule has 133 heavy (non-hydrogen) atoms. The van der Waals surface area contributed by atoms with Crippen LogP contribution in [0.2, 0.25) is 0 Å². The second-order valence-corrected chi connectivity index (χ2v) is 33.3. The number of hydrogen-bond acceptors (Lipinski definition) is 52. The van der Waals surface area contributed by atoms with Crippen molar-refractivity contribution < 1.29 is 272 Å². The van der Waals surface area contributed by atoms with Crippen LogP contribution in [-0.4, -0.2) is 553 Å². The summed E-state index contributed by atoms with van der Waals surface area (Å²) < 4.78 is 99.8. The van der Waals surface area contributed by atoms with Crippen LogP contribution in [0.25, 0.3) is 0 Å². The number of carbonyl (C=O) groups is 8. The van der Waals surface area contributed by atoms with Crippen LogP contribution in [-0.2, 0) is 119 Å². The molecule has 0 spiro atoms. The molecule has 0 bridgehead atoms. The van der Waals surface area contributed by atoms with E-state index in [0.717, 1.165) is 34.6 Å². The Morgan fingerprint density at radius 2 is 0.639 bits per heavy atom. The maximum atomic E-state index is 13.8. The molecule has 0 aromatic carbocycles. The molecule has 0 aromatic rings. The first kappa shape index (κ1) is 111. The van der Waals surface area contributed by atoms with Crippen LogP contribution in [0.3, 0.4) is 0 Å². The zero-order valence-electron chi connectivity index (χ0n) is 71.1. The van der Waals surface area contributed by atoms with Crippen molar-refractivity contribution in [3.63, 3.8) is 0 Å². The smallest absolute Gasteiger partial charge is 0.364 e. The van der Waals surface area contributed by atoms with Gasteiger partial charge in [-0.05, 0) is 0 Å². The molecule has 48 atom stereocenters. The molecule has 5 amide bonds. The number of ether oxygens (including phenoxy) is 17. The highest BCUT2D eigenvalue weighted by atomic mass is 16.8. The van der Waals surface area contributed by atoms with Gasteiger partial charge in [0.1, 0.15) is 201 Å². The van der Waals surface area contributed by atoms with Crippen LogP contribution in [0.4, 0.5) is 0 Å². The summed E-state index contributed by atoms with van der Waals surface area (Å²) in [5.41, 5.74) is 0. The summed E-state index contributed by atoms with van der Waals surface area (Å²) in [7, 11) is 0. The Balaban J connectivity index is 1.08. The average Bonchev–Trinajstić information content (AvgIpc) is 0.755. The van der Waals surface area contributed by atoms with Crippen LogP contribution in [0.1, 0.15) is 53.9 Å². The minimum Gasteiger partial charge on any atom is -0.477 e. The summed E-state index contributed by atoms with van der Waals surface area (Å²) in [4.78, 5) is 104. The molecule has 60 heteroatoms. The van der Waals surface area contributed by atoms with Gasteiger partial charge in [0.15, 0.2) is 37.7 Å². The van der Waals surface area contributed by atoms with Crippen molar-refractivity contribution in [3.05, 3.63) is 0 Å². The topological polar surface area (TPSA) is 961 Å². The molecule has 9 heterocycles. The van der Waals surface area contributed by atoms with E-state index in [4.69, 9.17) is 80.5 Å². The number of nitrogens with one attached hydrogen (secondary N) is 5. The molecule has 1 unspecified atom stereocenters. The minimum atomic E-state index is -3.47. The third-order valence-electron chi connectivity index (χ3n) is 23.7. The Hall–Kier alpha value is -6.00. The van der Waals surface area contributed by atoms with E-state index in [0.29, 0.717) is 0 Å². The molecule has 9 aliphatic heterocycles. The second-order valence-electron chi connectivity index (χ2n) is 33.3. The fraction of sp³-hybridized carbons (Fsp3) is 0.890. The number of aliphatic carboxylic acids is 3. The Morgan fingerprint density at radius 3 is 1.06 bits per heavy atom. The summed E-state index contributed by atoms with van der Waals surface area (Å²) in [6, 6.07) is -9.86. The molecular weight excluding hydrogens is 1830 g/mol. The molecule has 0 aliphatic carbocycles. The van der Waals surface area contributed by atoms with Crippen molar-refractivity contribution in [2.75, 3.05) is 59.5 Å². The van der Waals surface area contributed by atoms with E-state index < -0.39 is 419 Å². The lowest BCUT2D eigenvalue weighted by Gasteiger charge is -2.52. The van der Waals surface area contributed by atoms with E-state index in [1.54, 1.807) is 0 Å². The Kier molecular flexibility index (Phi) is 39.0. The highest BCUT2D eigenvalue weighted by molar-refractivity contribution is 5.78. The third kappa shape index (κ3) is 24.7. The number of carbonyl (C=O) groups excluding carboxylic acids is 5.